The van der Waals surface area contributed by atoms with Crippen LogP contribution in [0.2, 0.25) is 0 Å². The number of thiocarbonyl (C=S) groups is 1. The summed E-state index contributed by atoms with van der Waals surface area (Å²) in [5.41, 5.74) is 6.82. The van der Waals surface area contributed by atoms with Gasteiger partial charge in [-0.3, -0.25) is 4.90 Å². The van der Waals surface area contributed by atoms with Gasteiger partial charge in [0.1, 0.15) is 10.8 Å². The topological polar surface area (TPSA) is 29.3 Å². The molecule has 2 nitrogen and oxygen atoms in total. The Hall–Kier alpha value is -1.00. The minimum Gasteiger partial charge on any atom is -0.389 e. The molecule has 1 atom stereocenters. The van der Waals surface area contributed by atoms with Gasteiger partial charge < -0.3 is 5.73 Å². The Bertz CT molecular complexity index is 473. The lowest BCUT2D eigenvalue weighted by molar-refractivity contribution is 0.293. The van der Waals surface area contributed by atoms with Gasteiger partial charge >= 0.3 is 0 Å². The van der Waals surface area contributed by atoms with Gasteiger partial charge in [-0.25, -0.2) is 4.39 Å². The number of hydrogen-bond donors (Lipinski definition) is 1. The van der Waals surface area contributed by atoms with Crippen LogP contribution in [-0.2, 0) is 6.54 Å². The van der Waals surface area contributed by atoms with Crippen LogP contribution in [0, 0.1) is 17.7 Å². The van der Waals surface area contributed by atoms with Crippen molar-refractivity contribution >= 4 is 17.2 Å². The number of halogens is 1. The third kappa shape index (κ3) is 3.51. The summed E-state index contributed by atoms with van der Waals surface area (Å²) in [7, 11) is 0. The molecule has 0 spiro atoms. The molecular weight excluding hydrogens is 259 g/mol. The number of rotatable bonds is 4. The Morgan fingerprint density at radius 3 is 2.79 bits per heavy atom. The minimum atomic E-state index is -0.210. The van der Waals surface area contributed by atoms with Crippen molar-refractivity contribution in [2.45, 2.75) is 26.8 Å². The molecule has 1 fully saturated rings. The Morgan fingerprint density at radius 1 is 1.53 bits per heavy atom. The van der Waals surface area contributed by atoms with Crippen molar-refractivity contribution in [1.29, 1.82) is 0 Å². The summed E-state index contributed by atoms with van der Waals surface area (Å²) in [5.74, 6) is 1.23. The molecule has 0 aromatic heterocycles. The maximum atomic E-state index is 14.0. The Labute approximate surface area is 119 Å². The third-order valence-corrected chi connectivity index (χ3v) is 4.22. The van der Waals surface area contributed by atoms with E-state index in [-0.39, 0.29) is 10.8 Å². The molecule has 1 aromatic carbocycles. The first-order valence-corrected chi connectivity index (χ1v) is 7.18. The van der Waals surface area contributed by atoms with Crippen LogP contribution >= 0.6 is 12.2 Å². The predicted octanol–water partition coefficient (Wildman–Crippen LogP) is 2.94. The highest BCUT2D eigenvalue weighted by Gasteiger charge is 2.25. The first-order chi connectivity index (χ1) is 8.97. The Kier molecular flexibility index (Phi) is 4.53. The van der Waals surface area contributed by atoms with Gasteiger partial charge in [-0.05, 0) is 30.9 Å². The summed E-state index contributed by atoms with van der Waals surface area (Å²) in [6.45, 7) is 7.30. The van der Waals surface area contributed by atoms with Crippen LogP contribution in [0.3, 0.4) is 0 Å². The molecule has 0 radical (unpaired) electrons. The monoisotopic (exact) mass is 280 g/mol. The molecule has 0 bridgehead atoms. The van der Waals surface area contributed by atoms with E-state index in [2.05, 4.69) is 18.7 Å². The van der Waals surface area contributed by atoms with Crippen molar-refractivity contribution in [1.82, 2.24) is 4.90 Å². The highest BCUT2D eigenvalue weighted by Crippen LogP contribution is 2.25. The molecule has 104 valence electrons. The van der Waals surface area contributed by atoms with Crippen LogP contribution in [0.1, 0.15) is 31.4 Å². The fourth-order valence-corrected chi connectivity index (χ4v) is 2.75. The van der Waals surface area contributed by atoms with Gasteiger partial charge in [-0.1, -0.05) is 38.2 Å². The summed E-state index contributed by atoms with van der Waals surface area (Å²) in [6, 6.07) is 5.04. The summed E-state index contributed by atoms with van der Waals surface area (Å²) in [4.78, 5) is 2.57. The lowest BCUT2D eigenvalue weighted by Crippen LogP contribution is -2.22. The molecule has 2 rings (SSSR count). The normalized spacial score (nSPS) is 20.1. The van der Waals surface area contributed by atoms with E-state index in [1.807, 2.05) is 0 Å². The van der Waals surface area contributed by atoms with Crippen molar-refractivity contribution < 1.29 is 4.39 Å². The molecular formula is C15H21FN2S. The van der Waals surface area contributed by atoms with E-state index >= 15 is 0 Å². The Morgan fingerprint density at radius 2 is 2.26 bits per heavy atom. The van der Waals surface area contributed by atoms with Crippen molar-refractivity contribution in [3.05, 3.63) is 35.1 Å². The molecule has 1 aromatic rings. The van der Waals surface area contributed by atoms with Crippen molar-refractivity contribution in [3.8, 4) is 0 Å². The van der Waals surface area contributed by atoms with Gasteiger partial charge in [-0.2, -0.15) is 0 Å². The molecule has 1 saturated heterocycles. The van der Waals surface area contributed by atoms with Crippen LogP contribution < -0.4 is 5.73 Å². The van der Waals surface area contributed by atoms with E-state index in [9.17, 15) is 4.39 Å². The average molecular weight is 280 g/mol. The van der Waals surface area contributed by atoms with Gasteiger partial charge in [0.25, 0.3) is 0 Å². The molecule has 1 unspecified atom stereocenters. The fraction of sp³-hybridized carbons (Fsp3) is 0.533. The summed E-state index contributed by atoms with van der Waals surface area (Å²) >= 11 is 4.85. The van der Waals surface area contributed by atoms with Crippen molar-refractivity contribution in [2.75, 3.05) is 13.1 Å². The van der Waals surface area contributed by atoms with Crippen LogP contribution in [0.15, 0.2) is 18.2 Å². The maximum Gasteiger partial charge on any atom is 0.128 e. The second-order valence-electron chi connectivity index (χ2n) is 5.70. The summed E-state index contributed by atoms with van der Waals surface area (Å²) < 4.78 is 14.0. The lowest BCUT2D eigenvalue weighted by atomic mass is 9.95. The first-order valence-electron chi connectivity index (χ1n) is 6.78. The number of benzene rings is 1. The van der Waals surface area contributed by atoms with E-state index < -0.39 is 0 Å². The van der Waals surface area contributed by atoms with E-state index in [4.69, 9.17) is 18.0 Å². The highest BCUT2D eigenvalue weighted by atomic mass is 32.1. The molecule has 1 heterocycles. The van der Waals surface area contributed by atoms with Gasteiger partial charge in [-0.15, -0.1) is 0 Å². The number of likely N-dealkylation sites (tertiary alicyclic amines) is 1. The highest BCUT2D eigenvalue weighted by molar-refractivity contribution is 7.80. The van der Waals surface area contributed by atoms with E-state index in [0.717, 1.165) is 24.6 Å². The molecule has 1 aliphatic rings. The number of nitrogens with two attached hydrogens (primary N) is 1. The molecule has 0 saturated carbocycles. The zero-order chi connectivity index (χ0) is 14.0. The zero-order valence-electron chi connectivity index (χ0n) is 11.5. The molecule has 19 heavy (non-hydrogen) atoms. The third-order valence-electron chi connectivity index (χ3n) is 3.98. The van der Waals surface area contributed by atoms with Gasteiger partial charge in [0.2, 0.25) is 0 Å². The van der Waals surface area contributed by atoms with Crippen LogP contribution in [0.5, 0.6) is 0 Å². The van der Waals surface area contributed by atoms with Crippen molar-refractivity contribution in [3.63, 3.8) is 0 Å². The average Bonchev–Trinajstić information content (AvgIpc) is 2.80. The van der Waals surface area contributed by atoms with Crippen LogP contribution in [-0.4, -0.2) is 23.0 Å². The smallest absolute Gasteiger partial charge is 0.128 e. The zero-order valence-corrected chi connectivity index (χ0v) is 12.3. The molecule has 2 N–H and O–H groups in total. The fourth-order valence-electron chi connectivity index (χ4n) is 2.62. The Balaban J connectivity index is 2.02. The molecule has 0 amide bonds. The second-order valence-corrected chi connectivity index (χ2v) is 6.14. The molecule has 1 aliphatic heterocycles. The van der Waals surface area contributed by atoms with E-state index in [1.165, 1.54) is 12.5 Å². The first kappa shape index (κ1) is 14.4. The quantitative estimate of drug-likeness (QED) is 0.860. The van der Waals surface area contributed by atoms with E-state index in [1.54, 1.807) is 12.1 Å². The summed E-state index contributed by atoms with van der Waals surface area (Å²) in [6.07, 6.45) is 1.21. The van der Waals surface area contributed by atoms with Gasteiger partial charge in [0.05, 0.1) is 0 Å². The predicted molar refractivity (Wildman–Crippen MR) is 80.5 cm³/mol. The van der Waals surface area contributed by atoms with Gasteiger partial charge in [0.15, 0.2) is 0 Å². The largest absolute Gasteiger partial charge is 0.389 e. The molecule has 0 aliphatic carbocycles. The van der Waals surface area contributed by atoms with Crippen LogP contribution in [0.25, 0.3) is 0 Å². The minimum absolute atomic E-state index is 0.210. The SMILES string of the molecule is CC(C)C1CCN(Cc2ccc(C(N)=S)cc2F)C1. The van der Waals surface area contributed by atoms with Gasteiger partial charge in [0, 0.05) is 24.2 Å². The van der Waals surface area contributed by atoms with E-state index in [0.29, 0.717) is 18.0 Å². The second kappa shape index (κ2) is 5.97. The van der Waals surface area contributed by atoms with Crippen LogP contribution in [0.4, 0.5) is 4.39 Å². The van der Waals surface area contributed by atoms with Crippen molar-refractivity contribution in [2.24, 2.45) is 17.6 Å². The standard InChI is InChI=1S/C15H21FN2S/c1-10(2)12-5-6-18(8-12)9-13-4-3-11(15(17)19)7-14(13)16/h3-4,7,10,12H,5-6,8-9H2,1-2H3,(H2,17,19). The number of hydrogen-bond acceptors (Lipinski definition) is 2. The maximum absolute atomic E-state index is 14.0. The molecule has 4 heteroatoms. The number of nitrogens with zero attached hydrogens (tertiary/aromatic N) is 1. The lowest BCUT2D eigenvalue weighted by Gasteiger charge is -2.18. The summed E-state index contributed by atoms with van der Waals surface area (Å²) in [5, 5.41) is 0.